The second-order valence-electron chi connectivity index (χ2n) is 2.24. The van der Waals surface area contributed by atoms with Gasteiger partial charge in [0.25, 0.3) is 11.3 Å². The molecule has 0 aromatic heterocycles. The van der Waals surface area contributed by atoms with Gasteiger partial charge in [-0.3, -0.25) is 9.27 Å². The molecule has 4 nitrogen and oxygen atoms in total. The fraction of sp³-hybridized carbons (Fsp3) is 0.143. The van der Waals surface area contributed by atoms with E-state index in [1.807, 2.05) is 6.26 Å². The summed E-state index contributed by atoms with van der Waals surface area (Å²) in [6.07, 6.45) is 1.82. The summed E-state index contributed by atoms with van der Waals surface area (Å²) in [5.74, 6) is 0.138. The third kappa shape index (κ3) is 2.91. The molecule has 0 saturated carbocycles. The van der Waals surface area contributed by atoms with Crippen LogP contribution in [0.4, 0.5) is 5.69 Å². The molecule has 0 aliphatic heterocycles. The Morgan fingerprint density at radius 3 is 2.77 bits per heavy atom. The number of anilines is 1. The molecular formula is C7H9NO3S2. The summed E-state index contributed by atoms with van der Waals surface area (Å²) in [5.41, 5.74) is 0.533. The van der Waals surface area contributed by atoms with Gasteiger partial charge in [-0.2, -0.15) is 0 Å². The van der Waals surface area contributed by atoms with Gasteiger partial charge in [0.15, 0.2) is 0 Å². The zero-order chi connectivity index (χ0) is 9.84. The van der Waals surface area contributed by atoms with Crippen molar-refractivity contribution in [2.75, 3.05) is 11.0 Å². The number of thioether (sulfide) groups is 1. The lowest BCUT2D eigenvalue weighted by molar-refractivity contribution is 0.474. The largest absolute Gasteiger partial charge is 0.508 e. The Morgan fingerprint density at radius 2 is 2.23 bits per heavy atom. The Kier molecular flexibility index (Phi) is 3.58. The van der Waals surface area contributed by atoms with Crippen LogP contribution in [-0.4, -0.2) is 20.1 Å². The average molecular weight is 219 g/mol. The SMILES string of the molecule is CSc1cc(O)ccc1NS(=O)O. The summed E-state index contributed by atoms with van der Waals surface area (Å²) in [6.45, 7) is 0. The molecule has 0 radical (unpaired) electrons. The van der Waals surface area contributed by atoms with E-state index in [1.165, 1.54) is 23.9 Å². The molecule has 1 rings (SSSR count). The van der Waals surface area contributed by atoms with Crippen molar-refractivity contribution in [3.05, 3.63) is 18.2 Å². The van der Waals surface area contributed by atoms with Crippen LogP contribution in [0.15, 0.2) is 23.1 Å². The quantitative estimate of drug-likeness (QED) is 0.411. The highest BCUT2D eigenvalue weighted by atomic mass is 32.2. The van der Waals surface area contributed by atoms with Crippen LogP contribution in [0.1, 0.15) is 0 Å². The second-order valence-corrected chi connectivity index (χ2v) is 3.79. The van der Waals surface area contributed by atoms with Crippen molar-refractivity contribution < 1.29 is 13.9 Å². The van der Waals surface area contributed by atoms with E-state index in [0.29, 0.717) is 5.69 Å². The standard InChI is InChI=1S/C7H9NO3S2/c1-12-7-4-5(9)2-3-6(7)8-13(10)11/h2-4,8-9H,1H3,(H,10,11). The molecule has 3 N–H and O–H groups in total. The van der Waals surface area contributed by atoms with Gasteiger partial charge in [0.05, 0.1) is 5.69 Å². The topological polar surface area (TPSA) is 69.6 Å². The minimum atomic E-state index is -2.08. The van der Waals surface area contributed by atoms with Crippen molar-refractivity contribution in [1.29, 1.82) is 0 Å². The molecule has 0 fully saturated rings. The van der Waals surface area contributed by atoms with Crippen LogP contribution in [0.3, 0.4) is 0 Å². The lowest BCUT2D eigenvalue weighted by atomic mass is 10.3. The Bertz CT molecular complexity index is 330. The van der Waals surface area contributed by atoms with E-state index in [0.717, 1.165) is 4.90 Å². The predicted molar refractivity (Wildman–Crippen MR) is 54.3 cm³/mol. The van der Waals surface area contributed by atoms with Crippen LogP contribution in [0.5, 0.6) is 5.75 Å². The molecule has 0 saturated heterocycles. The summed E-state index contributed by atoms with van der Waals surface area (Å²) in [4.78, 5) is 0.724. The molecule has 13 heavy (non-hydrogen) atoms. The maximum absolute atomic E-state index is 10.5. The molecule has 1 aromatic carbocycles. The highest BCUT2D eigenvalue weighted by Gasteiger charge is 2.03. The maximum atomic E-state index is 10.5. The number of hydrogen-bond donors (Lipinski definition) is 3. The lowest BCUT2D eigenvalue weighted by Gasteiger charge is -2.06. The van der Waals surface area contributed by atoms with E-state index in [2.05, 4.69) is 4.72 Å². The third-order valence-corrected chi connectivity index (χ3v) is 2.55. The van der Waals surface area contributed by atoms with Gasteiger partial charge in [-0.15, -0.1) is 11.8 Å². The van der Waals surface area contributed by atoms with Gasteiger partial charge >= 0.3 is 0 Å². The van der Waals surface area contributed by atoms with Crippen molar-refractivity contribution in [3.8, 4) is 5.75 Å². The van der Waals surface area contributed by atoms with Gasteiger partial charge in [-0.1, -0.05) is 0 Å². The van der Waals surface area contributed by atoms with E-state index in [9.17, 15) is 4.21 Å². The maximum Gasteiger partial charge on any atom is 0.259 e. The second kappa shape index (κ2) is 4.50. The fourth-order valence-corrected chi connectivity index (χ4v) is 1.87. The molecule has 0 aliphatic carbocycles. The van der Waals surface area contributed by atoms with Gasteiger partial charge in [0, 0.05) is 4.90 Å². The van der Waals surface area contributed by atoms with Crippen LogP contribution in [0.25, 0.3) is 0 Å². The highest BCUT2D eigenvalue weighted by molar-refractivity contribution is 7.98. The Labute approximate surface area is 82.8 Å². The van der Waals surface area contributed by atoms with Crippen LogP contribution >= 0.6 is 11.8 Å². The molecule has 0 spiro atoms. The summed E-state index contributed by atoms with van der Waals surface area (Å²) in [5, 5.41) is 9.12. The van der Waals surface area contributed by atoms with E-state index >= 15 is 0 Å². The zero-order valence-electron chi connectivity index (χ0n) is 6.85. The van der Waals surface area contributed by atoms with E-state index in [4.69, 9.17) is 9.66 Å². The molecule has 0 heterocycles. The van der Waals surface area contributed by atoms with Crippen molar-refractivity contribution >= 4 is 28.7 Å². The van der Waals surface area contributed by atoms with E-state index in [-0.39, 0.29) is 5.75 Å². The first kappa shape index (κ1) is 10.4. The number of aromatic hydroxyl groups is 1. The van der Waals surface area contributed by atoms with Crippen molar-refractivity contribution in [1.82, 2.24) is 0 Å². The number of rotatable bonds is 3. The normalized spacial score (nSPS) is 12.5. The molecule has 1 atom stereocenters. The summed E-state index contributed by atoms with van der Waals surface area (Å²) >= 11 is -0.696. The number of benzene rings is 1. The number of hydrogen-bond acceptors (Lipinski definition) is 3. The molecule has 0 aliphatic rings. The van der Waals surface area contributed by atoms with Crippen LogP contribution in [0, 0.1) is 0 Å². The fourth-order valence-electron chi connectivity index (χ4n) is 0.858. The Hall–Kier alpha value is -0.720. The highest BCUT2D eigenvalue weighted by Crippen LogP contribution is 2.28. The van der Waals surface area contributed by atoms with Crippen LogP contribution in [0.2, 0.25) is 0 Å². The molecule has 1 unspecified atom stereocenters. The monoisotopic (exact) mass is 219 g/mol. The van der Waals surface area contributed by atoms with Crippen molar-refractivity contribution in [2.24, 2.45) is 0 Å². The average Bonchev–Trinajstić information content (AvgIpc) is 2.07. The molecular weight excluding hydrogens is 210 g/mol. The van der Waals surface area contributed by atoms with Gasteiger partial charge in [0.2, 0.25) is 0 Å². The molecule has 0 amide bonds. The van der Waals surface area contributed by atoms with Gasteiger partial charge < -0.3 is 5.11 Å². The van der Waals surface area contributed by atoms with E-state index in [1.54, 1.807) is 6.07 Å². The molecule has 72 valence electrons. The first-order valence-corrected chi connectivity index (χ1v) is 5.71. The van der Waals surface area contributed by atoms with Crippen LogP contribution in [-0.2, 0) is 11.3 Å². The summed E-state index contributed by atoms with van der Waals surface area (Å²) in [7, 11) is 0. The molecule has 0 bridgehead atoms. The van der Waals surface area contributed by atoms with Crippen molar-refractivity contribution in [3.63, 3.8) is 0 Å². The zero-order valence-corrected chi connectivity index (χ0v) is 8.48. The smallest absolute Gasteiger partial charge is 0.259 e. The van der Waals surface area contributed by atoms with Gasteiger partial charge in [-0.25, -0.2) is 4.21 Å². The summed E-state index contributed by atoms with van der Waals surface area (Å²) < 4.78 is 21.4. The lowest BCUT2D eigenvalue weighted by Crippen LogP contribution is -2.02. The Morgan fingerprint density at radius 1 is 1.54 bits per heavy atom. The van der Waals surface area contributed by atoms with Gasteiger partial charge in [-0.05, 0) is 24.5 Å². The first-order valence-electron chi connectivity index (χ1n) is 3.38. The number of phenols is 1. The van der Waals surface area contributed by atoms with Crippen molar-refractivity contribution in [2.45, 2.75) is 4.90 Å². The first-order chi connectivity index (χ1) is 6.13. The minimum Gasteiger partial charge on any atom is -0.508 e. The number of nitrogens with one attached hydrogen (secondary N) is 1. The molecule has 6 heteroatoms. The third-order valence-electron chi connectivity index (χ3n) is 1.38. The Balaban J connectivity index is 2.99. The predicted octanol–water partition coefficient (Wildman–Crippen LogP) is 1.66. The van der Waals surface area contributed by atoms with Crippen LogP contribution < -0.4 is 4.72 Å². The van der Waals surface area contributed by atoms with Gasteiger partial charge in [0.1, 0.15) is 5.75 Å². The number of phenolic OH excluding ortho intramolecular Hbond substituents is 1. The summed E-state index contributed by atoms with van der Waals surface area (Å²) in [6, 6.07) is 4.53. The minimum absolute atomic E-state index is 0.138. The molecule has 1 aromatic rings. The van der Waals surface area contributed by atoms with E-state index < -0.39 is 11.3 Å².